The SMILES string of the molecule is COc1cc(CNCCc2c(C)n[nH]c2C)ccc1OC[C@H](O)CN1CCOCC1. The van der Waals surface area contributed by atoms with Gasteiger partial charge in [-0.05, 0) is 50.1 Å². The number of H-pyrrole nitrogens is 1. The van der Waals surface area contributed by atoms with Gasteiger partial charge in [-0.1, -0.05) is 6.07 Å². The van der Waals surface area contributed by atoms with Crippen molar-refractivity contribution in [1.29, 1.82) is 0 Å². The smallest absolute Gasteiger partial charge is 0.161 e. The van der Waals surface area contributed by atoms with Gasteiger partial charge in [0.15, 0.2) is 11.5 Å². The molecule has 8 heteroatoms. The Hall–Kier alpha value is -2.13. The number of benzene rings is 1. The normalized spacial score (nSPS) is 15.9. The summed E-state index contributed by atoms with van der Waals surface area (Å²) in [7, 11) is 1.63. The number of aryl methyl sites for hydroxylation is 2. The third kappa shape index (κ3) is 6.43. The number of aromatic nitrogens is 2. The highest BCUT2D eigenvalue weighted by Gasteiger charge is 2.16. The maximum absolute atomic E-state index is 10.3. The van der Waals surface area contributed by atoms with Crippen molar-refractivity contribution in [2.75, 3.05) is 53.1 Å². The van der Waals surface area contributed by atoms with E-state index >= 15 is 0 Å². The topological polar surface area (TPSA) is 91.9 Å². The van der Waals surface area contributed by atoms with Crippen molar-refractivity contribution < 1.29 is 19.3 Å². The molecular formula is C22H34N4O4. The number of ether oxygens (including phenoxy) is 3. The van der Waals surface area contributed by atoms with Crippen LogP contribution in [0.4, 0.5) is 0 Å². The molecule has 1 aromatic carbocycles. The van der Waals surface area contributed by atoms with E-state index < -0.39 is 6.10 Å². The molecule has 0 spiro atoms. The Morgan fingerprint density at radius 3 is 2.77 bits per heavy atom. The van der Waals surface area contributed by atoms with Crippen LogP contribution in [-0.2, 0) is 17.7 Å². The molecule has 1 aliphatic heterocycles. The first-order valence-electron chi connectivity index (χ1n) is 10.6. The van der Waals surface area contributed by atoms with Crippen molar-refractivity contribution in [2.45, 2.75) is 32.9 Å². The molecule has 1 aliphatic rings. The molecule has 0 bridgehead atoms. The fourth-order valence-electron chi connectivity index (χ4n) is 3.65. The average Bonchev–Trinajstić information content (AvgIpc) is 3.08. The molecule has 166 valence electrons. The fourth-order valence-corrected chi connectivity index (χ4v) is 3.65. The van der Waals surface area contributed by atoms with E-state index in [1.165, 1.54) is 5.56 Å². The summed E-state index contributed by atoms with van der Waals surface area (Å²) in [6, 6.07) is 5.90. The van der Waals surface area contributed by atoms with Crippen LogP contribution < -0.4 is 14.8 Å². The summed E-state index contributed by atoms with van der Waals surface area (Å²) in [6.45, 7) is 9.65. The van der Waals surface area contributed by atoms with Crippen LogP contribution in [0, 0.1) is 13.8 Å². The van der Waals surface area contributed by atoms with Crippen molar-refractivity contribution in [1.82, 2.24) is 20.4 Å². The largest absolute Gasteiger partial charge is 0.493 e. The minimum absolute atomic E-state index is 0.231. The molecule has 1 aromatic heterocycles. The fraction of sp³-hybridized carbons (Fsp3) is 0.591. The van der Waals surface area contributed by atoms with E-state index in [2.05, 4.69) is 27.3 Å². The van der Waals surface area contributed by atoms with E-state index in [0.717, 1.165) is 62.8 Å². The summed E-state index contributed by atoms with van der Waals surface area (Å²) < 4.78 is 16.7. The Morgan fingerprint density at radius 2 is 2.07 bits per heavy atom. The van der Waals surface area contributed by atoms with Gasteiger partial charge in [0.05, 0.1) is 26.0 Å². The van der Waals surface area contributed by atoms with Crippen LogP contribution in [0.2, 0.25) is 0 Å². The Labute approximate surface area is 178 Å². The van der Waals surface area contributed by atoms with Gasteiger partial charge in [-0.2, -0.15) is 5.10 Å². The number of β-amino-alcohol motifs (C(OH)–C–C–N with tert-alkyl or cyclic N) is 1. The number of morpholine rings is 1. The zero-order valence-corrected chi connectivity index (χ0v) is 18.2. The van der Waals surface area contributed by atoms with E-state index in [1.807, 2.05) is 25.1 Å². The van der Waals surface area contributed by atoms with Gasteiger partial charge in [0.2, 0.25) is 0 Å². The molecule has 0 radical (unpaired) electrons. The monoisotopic (exact) mass is 418 g/mol. The summed E-state index contributed by atoms with van der Waals surface area (Å²) in [5.41, 5.74) is 4.59. The molecule has 3 rings (SSSR count). The summed E-state index contributed by atoms with van der Waals surface area (Å²) in [5.74, 6) is 1.32. The van der Waals surface area contributed by atoms with Crippen LogP contribution in [-0.4, -0.2) is 79.4 Å². The zero-order chi connectivity index (χ0) is 21.3. The summed E-state index contributed by atoms with van der Waals surface area (Å²) in [4.78, 5) is 2.19. The molecular weight excluding hydrogens is 384 g/mol. The predicted molar refractivity (Wildman–Crippen MR) is 115 cm³/mol. The lowest BCUT2D eigenvalue weighted by Gasteiger charge is -2.28. The molecule has 3 N–H and O–H groups in total. The highest BCUT2D eigenvalue weighted by atomic mass is 16.5. The van der Waals surface area contributed by atoms with Crippen molar-refractivity contribution in [2.24, 2.45) is 0 Å². The van der Waals surface area contributed by atoms with Crippen molar-refractivity contribution >= 4 is 0 Å². The van der Waals surface area contributed by atoms with Crippen LogP contribution in [0.25, 0.3) is 0 Å². The van der Waals surface area contributed by atoms with Crippen molar-refractivity contribution in [3.63, 3.8) is 0 Å². The number of methoxy groups -OCH3 is 1. The van der Waals surface area contributed by atoms with Crippen LogP contribution in [0.15, 0.2) is 18.2 Å². The first-order chi connectivity index (χ1) is 14.6. The van der Waals surface area contributed by atoms with Crippen molar-refractivity contribution in [3.05, 3.63) is 40.7 Å². The third-order valence-electron chi connectivity index (χ3n) is 5.39. The molecule has 1 saturated heterocycles. The lowest BCUT2D eigenvalue weighted by molar-refractivity contribution is 0.00445. The third-order valence-corrected chi connectivity index (χ3v) is 5.39. The first kappa shape index (κ1) is 22.6. The zero-order valence-electron chi connectivity index (χ0n) is 18.2. The van der Waals surface area contributed by atoms with E-state index in [4.69, 9.17) is 14.2 Å². The molecule has 0 amide bonds. The molecule has 0 aliphatic carbocycles. The maximum Gasteiger partial charge on any atom is 0.161 e. The number of aromatic amines is 1. The highest BCUT2D eigenvalue weighted by molar-refractivity contribution is 5.43. The Kier molecular flexibility index (Phi) is 8.50. The Morgan fingerprint density at radius 1 is 1.27 bits per heavy atom. The van der Waals surface area contributed by atoms with Gasteiger partial charge in [-0.25, -0.2) is 0 Å². The van der Waals surface area contributed by atoms with Crippen LogP contribution in [0.3, 0.4) is 0 Å². The first-order valence-corrected chi connectivity index (χ1v) is 10.6. The van der Waals surface area contributed by atoms with Gasteiger partial charge in [-0.3, -0.25) is 10.00 Å². The van der Waals surface area contributed by atoms with Crippen LogP contribution in [0.1, 0.15) is 22.5 Å². The van der Waals surface area contributed by atoms with E-state index in [1.54, 1.807) is 7.11 Å². The molecule has 2 heterocycles. The minimum Gasteiger partial charge on any atom is -0.493 e. The number of hydrogen-bond donors (Lipinski definition) is 3. The number of aliphatic hydroxyl groups is 1. The molecule has 2 aromatic rings. The lowest BCUT2D eigenvalue weighted by atomic mass is 10.1. The second-order valence-electron chi connectivity index (χ2n) is 7.70. The van der Waals surface area contributed by atoms with E-state index in [-0.39, 0.29) is 6.61 Å². The summed E-state index contributed by atoms with van der Waals surface area (Å²) >= 11 is 0. The highest BCUT2D eigenvalue weighted by Crippen LogP contribution is 2.28. The van der Waals surface area contributed by atoms with Gasteiger partial charge in [0, 0.05) is 31.9 Å². The Bertz CT molecular complexity index is 770. The maximum atomic E-state index is 10.3. The second-order valence-corrected chi connectivity index (χ2v) is 7.70. The van der Waals surface area contributed by atoms with Gasteiger partial charge in [0.1, 0.15) is 12.7 Å². The quantitative estimate of drug-likeness (QED) is 0.476. The summed E-state index contributed by atoms with van der Waals surface area (Å²) in [6.07, 6.45) is 0.386. The molecule has 0 unspecified atom stereocenters. The number of nitrogens with one attached hydrogen (secondary N) is 2. The van der Waals surface area contributed by atoms with Gasteiger partial charge < -0.3 is 24.6 Å². The average molecular weight is 419 g/mol. The van der Waals surface area contributed by atoms with Crippen LogP contribution in [0.5, 0.6) is 11.5 Å². The van der Waals surface area contributed by atoms with Gasteiger partial charge in [-0.15, -0.1) is 0 Å². The molecule has 1 fully saturated rings. The number of nitrogens with zero attached hydrogens (tertiary/aromatic N) is 2. The lowest BCUT2D eigenvalue weighted by Crippen LogP contribution is -2.42. The molecule has 8 nitrogen and oxygen atoms in total. The number of aliphatic hydroxyl groups excluding tert-OH is 1. The number of hydrogen-bond acceptors (Lipinski definition) is 7. The van der Waals surface area contributed by atoms with E-state index in [0.29, 0.717) is 18.0 Å². The van der Waals surface area contributed by atoms with Crippen molar-refractivity contribution in [3.8, 4) is 11.5 Å². The Balaban J connectivity index is 1.44. The number of rotatable bonds is 11. The van der Waals surface area contributed by atoms with Gasteiger partial charge in [0.25, 0.3) is 0 Å². The predicted octanol–water partition coefficient (Wildman–Crippen LogP) is 1.44. The second kappa shape index (κ2) is 11.3. The standard InChI is InChI=1S/C22H34N4O4/c1-16-20(17(2)25-24-16)6-7-23-13-18-4-5-21(22(12-18)28-3)30-15-19(27)14-26-8-10-29-11-9-26/h4-5,12,19,23,27H,6-11,13-15H2,1-3H3,(H,24,25)/t19-/m1/s1. The molecule has 30 heavy (non-hydrogen) atoms. The minimum atomic E-state index is -0.552. The molecule has 1 atom stereocenters. The van der Waals surface area contributed by atoms with Gasteiger partial charge >= 0.3 is 0 Å². The summed E-state index contributed by atoms with van der Waals surface area (Å²) in [5, 5.41) is 21.0. The molecule has 0 saturated carbocycles. The van der Waals surface area contributed by atoms with Crippen LogP contribution >= 0.6 is 0 Å². The van der Waals surface area contributed by atoms with E-state index in [9.17, 15) is 5.11 Å².